The second kappa shape index (κ2) is 7.44. The van der Waals surface area contributed by atoms with Crippen molar-refractivity contribution in [3.63, 3.8) is 0 Å². The van der Waals surface area contributed by atoms with Gasteiger partial charge in [-0.05, 0) is 44.5 Å². The van der Waals surface area contributed by atoms with E-state index in [0.29, 0.717) is 25.2 Å². The van der Waals surface area contributed by atoms with E-state index in [1.165, 1.54) is 12.1 Å². The van der Waals surface area contributed by atoms with Crippen molar-refractivity contribution in [2.75, 3.05) is 19.6 Å². The Morgan fingerprint density at radius 2 is 1.68 bits per heavy atom. The van der Waals surface area contributed by atoms with Crippen molar-refractivity contribution in [3.8, 4) is 0 Å². The van der Waals surface area contributed by atoms with Gasteiger partial charge in [-0.15, -0.1) is 0 Å². The fraction of sp³-hybridized carbons (Fsp3) is 0.625. The molecule has 0 radical (unpaired) electrons. The Hall–Kier alpha value is -1.11. The number of likely N-dealkylation sites (N-methyl/N-ethyl adjacent to an activating group) is 1. The van der Waals surface area contributed by atoms with Crippen LogP contribution in [0.5, 0.6) is 0 Å². The zero-order valence-electron chi connectivity index (χ0n) is 13.2. The van der Waals surface area contributed by atoms with Crippen molar-refractivity contribution in [2.45, 2.75) is 45.1 Å². The molecule has 1 unspecified atom stereocenters. The molecular formula is C16H24F3NO2. The van der Waals surface area contributed by atoms with Crippen molar-refractivity contribution in [1.29, 1.82) is 0 Å². The second-order valence-electron chi connectivity index (χ2n) is 6.19. The van der Waals surface area contributed by atoms with E-state index < -0.39 is 23.4 Å². The zero-order chi connectivity index (χ0) is 17.0. The maximum Gasteiger partial charge on any atom is 0.416 e. The highest BCUT2D eigenvalue weighted by Crippen LogP contribution is 2.29. The first kappa shape index (κ1) is 18.9. The molecule has 3 nitrogen and oxygen atoms in total. The van der Waals surface area contributed by atoms with E-state index in [1.807, 2.05) is 11.8 Å². The number of aliphatic hydroxyl groups is 2. The quantitative estimate of drug-likeness (QED) is 0.812. The van der Waals surface area contributed by atoms with Gasteiger partial charge in [0.15, 0.2) is 0 Å². The van der Waals surface area contributed by atoms with E-state index in [0.717, 1.165) is 12.1 Å². The maximum absolute atomic E-state index is 12.5. The fourth-order valence-electron chi connectivity index (χ4n) is 2.32. The predicted molar refractivity (Wildman–Crippen MR) is 79.6 cm³/mol. The van der Waals surface area contributed by atoms with E-state index in [2.05, 4.69) is 0 Å². The third-order valence-electron chi connectivity index (χ3n) is 3.28. The molecule has 0 aromatic heterocycles. The van der Waals surface area contributed by atoms with Gasteiger partial charge >= 0.3 is 6.18 Å². The molecule has 1 atom stereocenters. The second-order valence-corrected chi connectivity index (χ2v) is 6.19. The molecule has 6 heteroatoms. The Labute approximate surface area is 129 Å². The van der Waals surface area contributed by atoms with Gasteiger partial charge in [0.05, 0.1) is 17.3 Å². The van der Waals surface area contributed by atoms with Crippen molar-refractivity contribution in [3.05, 3.63) is 35.4 Å². The van der Waals surface area contributed by atoms with E-state index >= 15 is 0 Å². The van der Waals surface area contributed by atoms with E-state index in [-0.39, 0.29) is 6.42 Å². The number of aliphatic hydroxyl groups excluding tert-OH is 1. The lowest BCUT2D eigenvalue weighted by Gasteiger charge is -2.29. The molecule has 0 spiro atoms. The number of alkyl halides is 3. The molecular weight excluding hydrogens is 295 g/mol. The summed E-state index contributed by atoms with van der Waals surface area (Å²) in [6, 6.07) is 4.82. The normalized spacial score (nSPS) is 14.4. The molecule has 0 aliphatic heterocycles. The van der Waals surface area contributed by atoms with Crippen LogP contribution in [0.3, 0.4) is 0 Å². The van der Waals surface area contributed by atoms with Gasteiger partial charge in [-0.25, -0.2) is 0 Å². The summed E-state index contributed by atoms with van der Waals surface area (Å²) in [7, 11) is 0. The van der Waals surface area contributed by atoms with Crippen LogP contribution in [0.2, 0.25) is 0 Å². The number of halogens is 3. The minimum Gasteiger partial charge on any atom is -0.391 e. The highest BCUT2D eigenvalue weighted by atomic mass is 19.4. The first-order valence-corrected chi connectivity index (χ1v) is 7.30. The van der Waals surface area contributed by atoms with Crippen LogP contribution in [0.4, 0.5) is 13.2 Å². The summed E-state index contributed by atoms with van der Waals surface area (Å²) < 4.78 is 37.4. The number of nitrogens with zero attached hydrogens (tertiary/aromatic N) is 1. The molecule has 0 saturated heterocycles. The predicted octanol–water partition coefficient (Wildman–Crippen LogP) is 2.70. The van der Waals surface area contributed by atoms with Crippen molar-refractivity contribution in [2.24, 2.45) is 0 Å². The first-order chi connectivity index (χ1) is 10.0. The van der Waals surface area contributed by atoms with Crippen LogP contribution in [0.15, 0.2) is 24.3 Å². The summed E-state index contributed by atoms with van der Waals surface area (Å²) in [6.07, 6.45) is -4.76. The van der Waals surface area contributed by atoms with Gasteiger partial charge in [0.25, 0.3) is 0 Å². The first-order valence-electron chi connectivity index (χ1n) is 7.30. The van der Waals surface area contributed by atoms with Gasteiger partial charge in [-0.2, -0.15) is 13.2 Å². The van der Waals surface area contributed by atoms with Crippen LogP contribution in [0.1, 0.15) is 31.9 Å². The summed E-state index contributed by atoms with van der Waals surface area (Å²) >= 11 is 0. The van der Waals surface area contributed by atoms with Crippen LogP contribution < -0.4 is 0 Å². The minimum atomic E-state index is -4.34. The SMILES string of the molecule is CCN(CC(O)Cc1ccc(C(F)(F)F)cc1)CC(C)(C)O. The highest BCUT2D eigenvalue weighted by molar-refractivity contribution is 5.25. The lowest BCUT2D eigenvalue weighted by atomic mass is 10.0. The number of hydrogen-bond acceptors (Lipinski definition) is 3. The molecule has 2 N–H and O–H groups in total. The molecule has 0 heterocycles. The standard InChI is InChI=1S/C16H24F3NO2/c1-4-20(11-15(2,3)22)10-14(21)9-12-5-7-13(8-6-12)16(17,18)19/h5-8,14,21-22H,4,9-11H2,1-3H3. The Morgan fingerprint density at radius 1 is 1.14 bits per heavy atom. The van der Waals surface area contributed by atoms with Crippen LogP contribution in [-0.4, -0.2) is 46.5 Å². The fourth-order valence-corrected chi connectivity index (χ4v) is 2.32. The molecule has 1 aromatic carbocycles. The summed E-state index contributed by atoms with van der Waals surface area (Å²) in [6.45, 7) is 6.77. The maximum atomic E-state index is 12.5. The monoisotopic (exact) mass is 319 g/mol. The van der Waals surface area contributed by atoms with Gasteiger partial charge in [-0.1, -0.05) is 19.1 Å². The molecule has 126 valence electrons. The molecule has 0 bridgehead atoms. The summed E-state index contributed by atoms with van der Waals surface area (Å²) in [5.41, 5.74) is -0.896. The molecule has 1 aromatic rings. The average molecular weight is 319 g/mol. The van der Waals surface area contributed by atoms with E-state index in [4.69, 9.17) is 0 Å². The largest absolute Gasteiger partial charge is 0.416 e. The van der Waals surface area contributed by atoms with Gasteiger partial charge < -0.3 is 10.2 Å². The Kier molecular flexibility index (Phi) is 6.40. The Morgan fingerprint density at radius 3 is 2.09 bits per heavy atom. The van der Waals surface area contributed by atoms with Gasteiger partial charge in [0, 0.05) is 13.1 Å². The molecule has 0 aliphatic rings. The summed E-state index contributed by atoms with van der Waals surface area (Å²) in [5.74, 6) is 0. The summed E-state index contributed by atoms with van der Waals surface area (Å²) in [5, 5.41) is 19.9. The zero-order valence-corrected chi connectivity index (χ0v) is 13.2. The molecule has 22 heavy (non-hydrogen) atoms. The minimum absolute atomic E-state index is 0.278. The van der Waals surface area contributed by atoms with Gasteiger partial charge in [0.2, 0.25) is 0 Å². The highest BCUT2D eigenvalue weighted by Gasteiger charge is 2.30. The molecule has 1 rings (SSSR count). The molecule has 0 amide bonds. The van der Waals surface area contributed by atoms with Gasteiger partial charge in [0.1, 0.15) is 0 Å². The topological polar surface area (TPSA) is 43.7 Å². The molecule has 0 aliphatic carbocycles. The third-order valence-corrected chi connectivity index (χ3v) is 3.28. The van der Waals surface area contributed by atoms with Crippen LogP contribution in [-0.2, 0) is 12.6 Å². The lowest BCUT2D eigenvalue weighted by molar-refractivity contribution is -0.137. The van der Waals surface area contributed by atoms with E-state index in [1.54, 1.807) is 13.8 Å². The molecule has 0 fully saturated rings. The number of rotatable bonds is 7. The smallest absolute Gasteiger partial charge is 0.391 e. The van der Waals surface area contributed by atoms with Gasteiger partial charge in [-0.3, -0.25) is 4.90 Å². The van der Waals surface area contributed by atoms with E-state index in [9.17, 15) is 23.4 Å². The molecule has 0 saturated carbocycles. The van der Waals surface area contributed by atoms with Crippen molar-refractivity contribution >= 4 is 0 Å². The van der Waals surface area contributed by atoms with Crippen LogP contribution in [0, 0.1) is 0 Å². The Bertz CT molecular complexity index is 452. The Balaban J connectivity index is 2.59. The third kappa shape index (κ3) is 6.77. The summed E-state index contributed by atoms with van der Waals surface area (Å²) in [4.78, 5) is 1.91. The lowest BCUT2D eigenvalue weighted by Crippen LogP contribution is -2.42. The average Bonchev–Trinajstić information content (AvgIpc) is 2.35. The number of benzene rings is 1. The van der Waals surface area contributed by atoms with Crippen LogP contribution in [0.25, 0.3) is 0 Å². The van der Waals surface area contributed by atoms with Crippen LogP contribution >= 0.6 is 0 Å². The number of hydrogen-bond donors (Lipinski definition) is 2. The van der Waals surface area contributed by atoms with Crippen molar-refractivity contribution in [1.82, 2.24) is 4.90 Å². The van der Waals surface area contributed by atoms with Crippen molar-refractivity contribution < 1.29 is 23.4 Å².